The van der Waals surface area contributed by atoms with E-state index >= 15 is 0 Å². The third kappa shape index (κ3) is 3.29. The molecule has 1 aromatic carbocycles. The third-order valence-electron chi connectivity index (χ3n) is 4.41. The number of rotatable bonds is 5. The van der Waals surface area contributed by atoms with Gasteiger partial charge >= 0.3 is 5.69 Å². The van der Waals surface area contributed by atoms with E-state index in [2.05, 4.69) is 5.32 Å². The average molecular weight is 401 g/mol. The quantitative estimate of drug-likeness (QED) is 0.707. The number of amides is 1. The highest BCUT2D eigenvalue weighted by Crippen LogP contribution is 2.32. The van der Waals surface area contributed by atoms with Crippen LogP contribution in [0.4, 0.5) is 5.69 Å². The second kappa shape index (κ2) is 7.51. The van der Waals surface area contributed by atoms with Crippen LogP contribution in [0.3, 0.4) is 0 Å². The zero-order valence-corrected chi connectivity index (χ0v) is 16.1. The van der Waals surface area contributed by atoms with Crippen LogP contribution in [-0.4, -0.2) is 28.3 Å². The number of carbonyl (C=O) groups excluding carboxylic acids is 1. The van der Waals surface area contributed by atoms with Gasteiger partial charge in [0.2, 0.25) is 5.91 Å². The van der Waals surface area contributed by atoms with E-state index in [1.807, 2.05) is 6.92 Å². The number of anilines is 1. The smallest absolute Gasteiger partial charge is 0.332 e. The molecule has 1 N–H and O–H groups in total. The number of fused-ring (bicyclic) bond motifs is 2. The van der Waals surface area contributed by atoms with Gasteiger partial charge in [-0.15, -0.1) is 11.3 Å². The molecule has 0 saturated heterocycles. The minimum Gasteiger partial charge on any atom is -0.486 e. The zero-order chi connectivity index (χ0) is 19.7. The van der Waals surface area contributed by atoms with Gasteiger partial charge in [0.15, 0.2) is 11.5 Å². The Hall–Kier alpha value is -3.07. The number of hydrogen-bond donors (Lipinski definition) is 1. The molecule has 0 radical (unpaired) electrons. The normalized spacial score (nSPS) is 12.9. The van der Waals surface area contributed by atoms with E-state index in [0.717, 1.165) is 0 Å². The molecule has 1 amide bonds. The highest BCUT2D eigenvalue weighted by Gasteiger charge is 2.17. The van der Waals surface area contributed by atoms with Crippen molar-refractivity contribution in [3.63, 3.8) is 0 Å². The van der Waals surface area contributed by atoms with Crippen LogP contribution in [0.1, 0.15) is 13.3 Å². The summed E-state index contributed by atoms with van der Waals surface area (Å²) in [6.45, 7) is 2.96. The van der Waals surface area contributed by atoms with Crippen molar-refractivity contribution in [1.82, 2.24) is 9.13 Å². The summed E-state index contributed by atoms with van der Waals surface area (Å²) in [7, 11) is 0. The second-order valence-electron chi connectivity index (χ2n) is 6.37. The van der Waals surface area contributed by atoms with Crippen LogP contribution in [0.15, 0.2) is 39.2 Å². The Bertz CT molecular complexity index is 1160. The summed E-state index contributed by atoms with van der Waals surface area (Å²) in [4.78, 5) is 37.9. The van der Waals surface area contributed by atoms with Gasteiger partial charge in [0, 0.05) is 18.3 Å². The summed E-state index contributed by atoms with van der Waals surface area (Å²) < 4.78 is 14.0. The van der Waals surface area contributed by atoms with Crippen molar-refractivity contribution in [2.24, 2.45) is 0 Å². The first-order chi connectivity index (χ1) is 13.6. The number of nitrogens with zero attached hydrogens (tertiary/aromatic N) is 2. The topological polar surface area (TPSA) is 91.6 Å². The standard InChI is InChI=1S/C19H19N3O5S/c1-2-6-21-18(24)17-13(5-9-28-17)22(19(21)25)11-16(23)20-12-3-4-14-15(10-12)27-8-7-26-14/h3-5,9-10H,2,6-8,11H2,1H3,(H,20,23). The van der Waals surface area contributed by atoms with Crippen LogP contribution in [0.5, 0.6) is 11.5 Å². The van der Waals surface area contributed by atoms with Crippen LogP contribution in [-0.2, 0) is 17.9 Å². The lowest BCUT2D eigenvalue weighted by Gasteiger charge is -2.19. The third-order valence-corrected chi connectivity index (χ3v) is 5.30. The molecule has 0 unspecified atom stereocenters. The lowest BCUT2D eigenvalue weighted by Crippen LogP contribution is -2.41. The number of aromatic nitrogens is 2. The van der Waals surface area contributed by atoms with Crippen LogP contribution in [0, 0.1) is 0 Å². The summed E-state index contributed by atoms with van der Waals surface area (Å²) >= 11 is 1.27. The van der Waals surface area contributed by atoms with E-state index in [0.29, 0.717) is 53.6 Å². The van der Waals surface area contributed by atoms with Crippen LogP contribution in [0.2, 0.25) is 0 Å². The van der Waals surface area contributed by atoms with E-state index in [4.69, 9.17) is 9.47 Å². The van der Waals surface area contributed by atoms with Crippen molar-refractivity contribution in [3.8, 4) is 11.5 Å². The van der Waals surface area contributed by atoms with Gasteiger partial charge in [0.05, 0.1) is 5.52 Å². The lowest BCUT2D eigenvalue weighted by atomic mass is 10.2. The Morgan fingerprint density at radius 2 is 1.93 bits per heavy atom. The highest BCUT2D eigenvalue weighted by atomic mass is 32.1. The molecule has 3 heterocycles. The summed E-state index contributed by atoms with van der Waals surface area (Å²) in [5.41, 5.74) is 0.242. The fourth-order valence-corrected chi connectivity index (χ4v) is 4.02. The number of ether oxygens (including phenoxy) is 2. The molecule has 2 aromatic heterocycles. The van der Waals surface area contributed by atoms with Crippen LogP contribution < -0.4 is 26.0 Å². The van der Waals surface area contributed by atoms with E-state index < -0.39 is 5.69 Å². The van der Waals surface area contributed by atoms with Gasteiger partial charge < -0.3 is 14.8 Å². The number of benzene rings is 1. The van der Waals surface area contributed by atoms with Crippen molar-refractivity contribution in [2.75, 3.05) is 18.5 Å². The van der Waals surface area contributed by atoms with Gasteiger partial charge in [-0.1, -0.05) is 6.92 Å². The largest absolute Gasteiger partial charge is 0.486 e. The van der Waals surface area contributed by atoms with E-state index in [-0.39, 0.29) is 18.0 Å². The Kier molecular flexibility index (Phi) is 4.91. The molecule has 0 fully saturated rings. The predicted octanol–water partition coefficient (Wildman–Crippen LogP) is 2.04. The number of carbonyl (C=O) groups is 1. The molecule has 9 heteroatoms. The predicted molar refractivity (Wildman–Crippen MR) is 107 cm³/mol. The van der Waals surface area contributed by atoms with Crippen LogP contribution >= 0.6 is 11.3 Å². The second-order valence-corrected chi connectivity index (χ2v) is 7.28. The van der Waals surface area contributed by atoms with E-state index in [1.54, 1.807) is 29.6 Å². The molecule has 0 aliphatic carbocycles. The van der Waals surface area contributed by atoms with Gasteiger partial charge in [-0.25, -0.2) is 4.79 Å². The van der Waals surface area contributed by atoms with Gasteiger partial charge in [-0.2, -0.15) is 0 Å². The van der Waals surface area contributed by atoms with Crippen molar-refractivity contribution >= 4 is 33.1 Å². The molecular formula is C19H19N3O5S. The summed E-state index contributed by atoms with van der Waals surface area (Å²) in [5.74, 6) is 0.831. The number of hydrogen-bond acceptors (Lipinski definition) is 6. The van der Waals surface area contributed by atoms with Crippen LogP contribution in [0.25, 0.3) is 10.2 Å². The minimum absolute atomic E-state index is 0.190. The Morgan fingerprint density at radius 3 is 2.71 bits per heavy atom. The zero-order valence-electron chi connectivity index (χ0n) is 15.3. The Balaban J connectivity index is 1.63. The van der Waals surface area contributed by atoms with Gasteiger partial charge in [0.25, 0.3) is 5.56 Å². The highest BCUT2D eigenvalue weighted by molar-refractivity contribution is 7.17. The minimum atomic E-state index is -0.477. The molecule has 28 heavy (non-hydrogen) atoms. The van der Waals surface area contributed by atoms with E-state index in [9.17, 15) is 14.4 Å². The maximum atomic E-state index is 12.8. The SMILES string of the molecule is CCCn1c(=O)c2sccc2n(CC(=O)Nc2ccc3c(c2)OCCO3)c1=O. The molecule has 0 saturated carbocycles. The molecule has 0 spiro atoms. The Morgan fingerprint density at radius 1 is 1.14 bits per heavy atom. The first-order valence-electron chi connectivity index (χ1n) is 8.99. The maximum Gasteiger partial charge on any atom is 0.332 e. The molecule has 3 aromatic rings. The molecule has 146 valence electrons. The fraction of sp³-hybridized carbons (Fsp3) is 0.316. The van der Waals surface area contributed by atoms with Gasteiger partial charge in [-0.3, -0.25) is 18.7 Å². The first-order valence-corrected chi connectivity index (χ1v) is 9.87. The molecule has 4 rings (SSSR count). The van der Waals surface area contributed by atoms with Gasteiger partial charge in [-0.05, 0) is 30.0 Å². The Labute approximate surface area is 163 Å². The number of thiophene rings is 1. The fourth-order valence-electron chi connectivity index (χ4n) is 3.17. The van der Waals surface area contributed by atoms with E-state index in [1.165, 1.54) is 20.5 Å². The molecule has 1 aliphatic heterocycles. The lowest BCUT2D eigenvalue weighted by molar-refractivity contribution is -0.116. The molecular weight excluding hydrogens is 382 g/mol. The first kappa shape index (κ1) is 18.3. The number of nitrogens with one attached hydrogen (secondary N) is 1. The molecule has 1 aliphatic rings. The van der Waals surface area contributed by atoms with Crippen molar-refractivity contribution in [1.29, 1.82) is 0 Å². The van der Waals surface area contributed by atoms with Crippen molar-refractivity contribution in [3.05, 3.63) is 50.5 Å². The van der Waals surface area contributed by atoms with Gasteiger partial charge in [0.1, 0.15) is 24.5 Å². The average Bonchev–Trinajstić information content (AvgIpc) is 3.18. The molecule has 0 bridgehead atoms. The van der Waals surface area contributed by atoms with Crippen molar-refractivity contribution in [2.45, 2.75) is 26.4 Å². The summed E-state index contributed by atoms with van der Waals surface area (Å²) in [5, 5.41) is 4.52. The molecule has 0 atom stereocenters. The maximum absolute atomic E-state index is 12.8. The summed E-state index contributed by atoms with van der Waals surface area (Å²) in [6.07, 6.45) is 0.648. The monoisotopic (exact) mass is 401 g/mol. The summed E-state index contributed by atoms with van der Waals surface area (Å²) in [6, 6.07) is 6.82. The van der Waals surface area contributed by atoms with Crippen molar-refractivity contribution < 1.29 is 14.3 Å². The molecule has 8 nitrogen and oxygen atoms in total.